The van der Waals surface area contributed by atoms with Gasteiger partial charge >= 0.3 is 12.1 Å². The summed E-state index contributed by atoms with van der Waals surface area (Å²) < 4.78 is 42.3. The first-order valence-corrected chi connectivity index (χ1v) is 9.39. The monoisotopic (exact) mass is 385 g/mol. The van der Waals surface area contributed by atoms with Gasteiger partial charge < -0.3 is 9.32 Å². The van der Waals surface area contributed by atoms with Crippen LogP contribution in [0.1, 0.15) is 36.1 Å². The number of carbonyl (C=O) groups excluding carboxylic acids is 1. The van der Waals surface area contributed by atoms with Crippen LogP contribution in [-0.2, 0) is 16.7 Å². The minimum atomic E-state index is -4.63. The van der Waals surface area contributed by atoms with Crippen LogP contribution in [0.4, 0.5) is 13.2 Å². The van der Waals surface area contributed by atoms with Crippen molar-refractivity contribution >= 4 is 17.7 Å². The zero-order valence-electron chi connectivity index (χ0n) is 13.9. The van der Waals surface area contributed by atoms with Crippen molar-refractivity contribution < 1.29 is 22.4 Å². The lowest BCUT2D eigenvalue weighted by atomic mass is 9.97. The molecule has 9 heteroatoms. The summed E-state index contributed by atoms with van der Waals surface area (Å²) >= 11 is 1.55. The second kappa shape index (κ2) is 8.11. The van der Waals surface area contributed by atoms with Crippen LogP contribution >= 0.6 is 11.8 Å². The molecule has 0 aliphatic carbocycles. The number of nitrogens with zero attached hydrogens (tertiary/aromatic N) is 3. The van der Waals surface area contributed by atoms with E-state index in [0.29, 0.717) is 31.7 Å². The molecule has 1 aliphatic rings. The summed E-state index contributed by atoms with van der Waals surface area (Å²) in [5, 5.41) is 6.58. The van der Waals surface area contributed by atoms with Crippen LogP contribution in [-0.4, -0.2) is 39.8 Å². The van der Waals surface area contributed by atoms with Crippen molar-refractivity contribution in [1.29, 1.82) is 0 Å². The lowest BCUT2D eigenvalue weighted by molar-refractivity contribution is -0.157. The largest absolute Gasteiger partial charge is 0.470 e. The normalized spacial score (nSPS) is 16.0. The molecule has 0 bridgehead atoms. The van der Waals surface area contributed by atoms with Gasteiger partial charge in [-0.1, -0.05) is 30.3 Å². The highest BCUT2D eigenvalue weighted by Gasteiger charge is 2.39. The van der Waals surface area contributed by atoms with Gasteiger partial charge in [-0.2, -0.15) is 13.2 Å². The number of hydrogen-bond donors (Lipinski definition) is 0. The Balaban J connectivity index is 1.44. The quantitative estimate of drug-likeness (QED) is 0.785. The summed E-state index contributed by atoms with van der Waals surface area (Å²) in [4.78, 5) is 14.0. The molecular weight excluding hydrogens is 367 g/mol. The van der Waals surface area contributed by atoms with Crippen LogP contribution in [0.5, 0.6) is 0 Å². The Bertz CT molecular complexity index is 728. The van der Waals surface area contributed by atoms with Crippen molar-refractivity contribution in [3.63, 3.8) is 0 Å². The average molecular weight is 385 g/mol. The Morgan fingerprint density at radius 3 is 2.50 bits per heavy atom. The fourth-order valence-corrected chi connectivity index (χ4v) is 3.70. The van der Waals surface area contributed by atoms with Crippen molar-refractivity contribution in [3.05, 3.63) is 47.7 Å². The molecule has 0 radical (unpaired) electrons. The molecule has 0 N–H and O–H groups in total. The number of aromatic nitrogens is 2. The van der Waals surface area contributed by atoms with Crippen LogP contribution in [0.25, 0.3) is 0 Å². The Morgan fingerprint density at radius 2 is 1.88 bits per heavy atom. The number of benzene rings is 1. The molecule has 0 spiro atoms. The average Bonchev–Trinajstić information content (AvgIpc) is 3.13. The van der Waals surface area contributed by atoms with E-state index < -0.39 is 12.1 Å². The van der Waals surface area contributed by atoms with Gasteiger partial charge in [0.1, 0.15) is 0 Å². The maximum atomic E-state index is 12.5. The van der Waals surface area contributed by atoms with E-state index in [9.17, 15) is 18.0 Å². The van der Waals surface area contributed by atoms with Gasteiger partial charge in [0.25, 0.3) is 0 Å². The van der Waals surface area contributed by atoms with Gasteiger partial charge in [-0.15, -0.1) is 22.0 Å². The predicted octanol–water partition coefficient (Wildman–Crippen LogP) is 3.73. The summed E-state index contributed by atoms with van der Waals surface area (Å²) in [6.45, 7) is 0.970. The number of piperidine rings is 1. The number of amides is 1. The van der Waals surface area contributed by atoms with Crippen LogP contribution in [0.3, 0.4) is 0 Å². The third-order valence-electron chi connectivity index (χ3n) is 4.22. The van der Waals surface area contributed by atoms with E-state index >= 15 is 0 Å². The highest BCUT2D eigenvalue weighted by atomic mass is 32.2. The number of rotatable bonds is 5. The number of carbonyl (C=O) groups is 1. The summed E-state index contributed by atoms with van der Waals surface area (Å²) in [5.41, 5.74) is 1.17. The Morgan fingerprint density at radius 1 is 1.19 bits per heavy atom. The van der Waals surface area contributed by atoms with Gasteiger partial charge in [0.15, 0.2) is 0 Å². The maximum absolute atomic E-state index is 12.5. The van der Waals surface area contributed by atoms with Gasteiger partial charge in [-0.05, 0) is 18.4 Å². The molecule has 1 aromatic heterocycles. The summed E-state index contributed by atoms with van der Waals surface area (Å²) in [6, 6.07) is 9.91. The minimum Gasteiger partial charge on any atom is -0.417 e. The summed E-state index contributed by atoms with van der Waals surface area (Å²) in [5.74, 6) is -0.347. The molecule has 1 amide bonds. The van der Waals surface area contributed by atoms with Crippen molar-refractivity contribution in [2.45, 2.75) is 30.7 Å². The van der Waals surface area contributed by atoms with E-state index in [2.05, 4.69) is 10.2 Å². The molecule has 0 atom stereocenters. The standard InChI is InChI=1S/C17H18F3N3O2S/c18-17(19,20)16-22-21-15(25-16)13-6-8-23(9-7-13)14(24)11-26-10-12-4-2-1-3-5-12/h1-5,13H,6-11H2. The van der Waals surface area contributed by atoms with Gasteiger partial charge in [0.2, 0.25) is 11.8 Å². The summed E-state index contributed by atoms with van der Waals surface area (Å²) in [6.07, 6.45) is -3.58. The minimum absolute atomic E-state index is 0.00266. The van der Waals surface area contributed by atoms with Crippen molar-refractivity contribution in [1.82, 2.24) is 15.1 Å². The number of thioether (sulfide) groups is 1. The van der Waals surface area contributed by atoms with Gasteiger partial charge in [0, 0.05) is 24.8 Å². The fraction of sp³-hybridized carbons (Fsp3) is 0.471. The van der Waals surface area contributed by atoms with E-state index in [1.54, 1.807) is 16.7 Å². The van der Waals surface area contributed by atoms with Crippen LogP contribution in [0.2, 0.25) is 0 Å². The number of alkyl halides is 3. The van der Waals surface area contributed by atoms with E-state index in [1.165, 1.54) is 5.56 Å². The molecule has 2 heterocycles. The van der Waals surface area contributed by atoms with Gasteiger partial charge in [-0.3, -0.25) is 4.79 Å². The molecule has 0 saturated carbocycles. The number of halogens is 3. The lowest BCUT2D eigenvalue weighted by Gasteiger charge is -2.30. The summed E-state index contributed by atoms with van der Waals surface area (Å²) in [7, 11) is 0. The Kier molecular flexibility index (Phi) is 5.85. The Labute approximate surface area is 153 Å². The molecule has 26 heavy (non-hydrogen) atoms. The molecule has 1 saturated heterocycles. The molecule has 1 aromatic carbocycles. The first-order chi connectivity index (χ1) is 12.4. The number of hydrogen-bond acceptors (Lipinski definition) is 5. The molecule has 1 aliphatic heterocycles. The second-order valence-corrected chi connectivity index (χ2v) is 7.06. The van der Waals surface area contributed by atoms with E-state index in [4.69, 9.17) is 4.42 Å². The third kappa shape index (κ3) is 4.78. The highest BCUT2D eigenvalue weighted by molar-refractivity contribution is 7.99. The Hall–Kier alpha value is -2.03. The van der Waals surface area contributed by atoms with E-state index in [0.717, 1.165) is 5.75 Å². The first kappa shape index (κ1) is 18.8. The molecule has 140 valence electrons. The van der Waals surface area contributed by atoms with Crippen LogP contribution in [0, 0.1) is 0 Å². The van der Waals surface area contributed by atoms with Crippen LogP contribution < -0.4 is 0 Å². The third-order valence-corrected chi connectivity index (χ3v) is 5.21. The first-order valence-electron chi connectivity index (χ1n) is 8.23. The molecule has 3 rings (SSSR count). The highest BCUT2D eigenvalue weighted by Crippen LogP contribution is 2.32. The zero-order valence-corrected chi connectivity index (χ0v) is 14.7. The fourth-order valence-electron chi connectivity index (χ4n) is 2.81. The molecule has 0 unspecified atom stereocenters. The van der Waals surface area contributed by atoms with Crippen molar-refractivity contribution in [2.24, 2.45) is 0 Å². The van der Waals surface area contributed by atoms with E-state index in [1.807, 2.05) is 30.3 Å². The smallest absolute Gasteiger partial charge is 0.417 e. The van der Waals surface area contributed by atoms with Gasteiger partial charge in [0.05, 0.1) is 5.75 Å². The maximum Gasteiger partial charge on any atom is 0.470 e. The zero-order chi connectivity index (χ0) is 18.6. The van der Waals surface area contributed by atoms with Gasteiger partial charge in [-0.25, -0.2) is 0 Å². The molecule has 5 nitrogen and oxygen atoms in total. The predicted molar refractivity (Wildman–Crippen MR) is 90.5 cm³/mol. The van der Waals surface area contributed by atoms with Crippen molar-refractivity contribution in [3.8, 4) is 0 Å². The number of likely N-dealkylation sites (tertiary alicyclic amines) is 1. The van der Waals surface area contributed by atoms with E-state index in [-0.39, 0.29) is 17.7 Å². The molecule has 1 fully saturated rings. The lowest BCUT2D eigenvalue weighted by Crippen LogP contribution is -2.39. The molecular formula is C17H18F3N3O2S. The second-order valence-electron chi connectivity index (χ2n) is 6.08. The SMILES string of the molecule is O=C(CSCc1ccccc1)N1CCC(c2nnc(C(F)(F)F)o2)CC1. The molecule has 2 aromatic rings. The van der Waals surface area contributed by atoms with Crippen molar-refractivity contribution in [2.75, 3.05) is 18.8 Å². The topological polar surface area (TPSA) is 59.2 Å². The van der Waals surface area contributed by atoms with Crippen LogP contribution in [0.15, 0.2) is 34.7 Å².